The minimum atomic E-state index is -0.604. The molecular formula is C24H18N4O6S. The molecule has 11 heteroatoms. The number of amides is 2. The van der Waals surface area contributed by atoms with Crippen molar-refractivity contribution in [3.63, 3.8) is 0 Å². The highest BCUT2D eigenvalue weighted by molar-refractivity contribution is 7.80. The molecule has 0 atom stereocenters. The number of nitro groups is 1. The van der Waals surface area contributed by atoms with E-state index in [1.165, 1.54) is 23.1 Å². The van der Waals surface area contributed by atoms with Crippen LogP contribution in [0.1, 0.15) is 12.5 Å². The van der Waals surface area contributed by atoms with E-state index < -0.39 is 16.7 Å². The molecule has 35 heavy (non-hydrogen) atoms. The van der Waals surface area contributed by atoms with Gasteiger partial charge in [0, 0.05) is 18.2 Å². The van der Waals surface area contributed by atoms with E-state index >= 15 is 0 Å². The summed E-state index contributed by atoms with van der Waals surface area (Å²) in [4.78, 5) is 41.0. The standard InChI is InChI=1S/C24H18N4O6S/c1-2-33-19-5-3-4-16(13-19)27-23(30)20(22(29)26-24(27)35)12-15-6-9-18(10-7-15)34-21-11-8-17(14-25-21)28(31)32/h3-14H,2H2,1H3,(H,26,29,35)/b20-12+. The third-order valence-corrected chi connectivity index (χ3v) is 5.12. The fourth-order valence-corrected chi connectivity index (χ4v) is 3.51. The second-order valence-electron chi connectivity index (χ2n) is 7.17. The van der Waals surface area contributed by atoms with Gasteiger partial charge in [-0.15, -0.1) is 0 Å². The maximum Gasteiger partial charge on any atom is 0.287 e. The normalized spacial score (nSPS) is 14.6. The summed E-state index contributed by atoms with van der Waals surface area (Å²) >= 11 is 5.24. The van der Waals surface area contributed by atoms with Crippen molar-refractivity contribution in [2.45, 2.75) is 6.92 Å². The highest BCUT2D eigenvalue weighted by Gasteiger charge is 2.34. The molecule has 0 spiro atoms. The van der Waals surface area contributed by atoms with E-state index in [9.17, 15) is 19.7 Å². The molecule has 0 bridgehead atoms. The zero-order valence-corrected chi connectivity index (χ0v) is 19.2. The molecule has 1 aromatic heterocycles. The average Bonchev–Trinajstić information content (AvgIpc) is 2.83. The minimum absolute atomic E-state index is 0.0230. The Balaban J connectivity index is 1.54. The topological polar surface area (TPSA) is 124 Å². The number of pyridine rings is 1. The molecule has 1 saturated heterocycles. The highest BCUT2D eigenvalue weighted by Crippen LogP contribution is 2.27. The van der Waals surface area contributed by atoms with Crippen molar-refractivity contribution in [3.8, 4) is 17.4 Å². The summed E-state index contributed by atoms with van der Waals surface area (Å²) in [6.45, 7) is 2.31. The van der Waals surface area contributed by atoms with E-state index in [0.717, 1.165) is 6.20 Å². The van der Waals surface area contributed by atoms with Gasteiger partial charge in [0.15, 0.2) is 5.11 Å². The Labute approximate surface area is 204 Å². The lowest BCUT2D eigenvalue weighted by atomic mass is 10.1. The van der Waals surface area contributed by atoms with Crippen LogP contribution in [0.25, 0.3) is 6.08 Å². The largest absolute Gasteiger partial charge is 0.494 e. The van der Waals surface area contributed by atoms with Gasteiger partial charge in [-0.25, -0.2) is 4.98 Å². The van der Waals surface area contributed by atoms with Crippen LogP contribution in [0.2, 0.25) is 0 Å². The molecule has 2 aromatic carbocycles. The third kappa shape index (κ3) is 5.31. The summed E-state index contributed by atoms with van der Waals surface area (Å²) < 4.78 is 11.1. The van der Waals surface area contributed by atoms with Gasteiger partial charge < -0.3 is 9.47 Å². The number of nitrogens with one attached hydrogen (secondary N) is 1. The predicted octanol–water partition coefficient (Wildman–Crippen LogP) is 4.01. The molecular weight excluding hydrogens is 472 g/mol. The molecule has 1 aliphatic rings. The molecule has 10 nitrogen and oxygen atoms in total. The van der Waals surface area contributed by atoms with Crippen LogP contribution >= 0.6 is 12.2 Å². The van der Waals surface area contributed by atoms with Crippen molar-refractivity contribution >= 4 is 46.6 Å². The van der Waals surface area contributed by atoms with Crippen molar-refractivity contribution in [1.82, 2.24) is 10.3 Å². The van der Waals surface area contributed by atoms with Gasteiger partial charge >= 0.3 is 0 Å². The number of carbonyl (C=O) groups is 2. The molecule has 1 N–H and O–H groups in total. The zero-order chi connectivity index (χ0) is 24.9. The second-order valence-corrected chi connectivity index (χ2v) is 7.56. The fourth-order valence-electron chi connectivity index (χ4n) is 3.23. The monoisotopic (exact) mass is 490 g/mol. The van der Waals surface area contributed by atoms with Crippen LogP contribution in [0.5, 0.6) is 17.4 Å². The van der Waals surface area contributed by atoms with Gasteiger partial charge in [-0.05, 0) is 55.0 Å². The highest BCUT2D eigenvalue weighted by atomic mass is 32.1. The Morgan fingerprint density at radius 1 is 1.11 bits per heavy atom. The number of anilines is 1. The maximum atomic E-state index is 13.2. The van der Waals surface area contributed by atoms with E-state index in [2.05, 4.69) is 10.3 Å². The lowest BCUT2D eigenvalue weighted by molar-refractivity contribution is -0.385. The molecule has 0 saturated carbocycles. The van der Waals surface area contributed by atoms with Crippen LogP contribution in [0.4, 0.5) is 11.4 Å². The molecule has 3 aromatic rings. The Morgan fingerprint density at radius 2 is 1.89 bits per heavy atom. The first-order chi connectivity index (χ1) is 16.9. The number of rotatable bonds is 7. The number of nitrogens with zero attached hydrogens (tertiary/aromatic N) is 3. The third-order valence-electron chi connectivity index (χ3n) is 4.83. The van der Waals surface area contributed by atoms with Gasteiger partial charge in [-0.2, -0.15) is 0 Å². The first-order valence-electron chi connectivity index (χ1n) is 10.4. The molecule has 0 radical (unpaired) electrons. The molecule has 0 aliphatic carbocycles. The molecule has 0 unspecified atom stereocenters. The SMILES string of the molecule is CCOc1cccc(N2C(=O)/C(=C/c3ccc(Oc4ccc([N+](=O)[O-])cn4)cc3)C(=O)NC2=S)c1. The number of carbonyl (C=O) groups excluding carboxylic acids is 2. The summed E-state index contributed by atoms with van der Waals surface area (Å²) in [5, 5.41) is 13.3. The summed E-state index contributed by atoms with van der Waals surface area (Å²) in [6, 6.07) is 16.1. The molecule has 2 heterocycles. The van der Waals surface area contributed by atoms with E-state index in [1.807, 2.05) is 6.92 Å². The number of thiocarbonyl (C=S) groups is 1. The van der Waals surface area contributed by atoms with Gasteiger partial charge in [0.2, 0.25) is 5.88 Å². The Morgan fingerprint density at radius 3 is 2.54 bits per heavy atom. The number of ether oxygens (including phenoxy) is 2. The summed E-state index contributed by atoms with van der Waals surface area (Å²) in [6.07, 6.45) is 2.55. The first kappa shape index (κ1) is 23.5. The summed E-state index contributed by atoms with van der Waals surface area (Å²) in [5.74, 6) is 0.00185. The zero-order valence-electron chi connectivity index (χ0n) is 18.3. The smallest absolute Gasteiger partial charge is 0.287 e. The second kappa shape index (κ2) is 10.1. The van der Waals surface area contributed by atoms with Crippen molar-refractivity contribution in [1.29, 1.82) is 0 Å². The summed E-state index contributed by atoms with van der Waals surface area (Å²) in [7, 11) is 0. The number of benzene rings is 2. The van der Waals surface area contributed by atoms with Gasteiger partial charge in [0.05, 0.1) is 17.2 Å². The minimum Gasteiger partial charge on any atom is -0.494 e. The molecule has 4 rings (SSSR count). The van der Waals surface area contributed by atoms with Crippen molar-refractivity contribution in [3.05, 3.63) is 88.1 Å². The van der Waals surface area contributed by atoms with Crippen molar-refractivity contribution in [2.24, 2.45) is 0 Å². The lowest BCUT2D eigenvalue weighted by Crippen LogP contribution is -2.54. The first-order valence-corrected chi connectivity index (χ1v) is 10.8. The molecule has 1 fully saturated rings. The number of hydrogen-bond donors (Lipinski definition) is 1. The van der Waals surface area contributed by atoms with Crippen molar-refractivity contribution < 1.29 is 24.0 Å². The van der Waals surface area contributed by atoms with Crippen LogP contribution in [0.15, 0.2) is 72.4 Å². The van der Waals surface area contributed by atoms with Gasteiger partial charge in [-0.3, -0.25) is 29.9 Å². The lowest BCUT2D eigenvalue weighted by Gasteiger charge is -2.29. The van der Waals surface area contributed by atoms with Gasteiger partial charge in [-0.1, -0.05) is 18.2 Å². The van der Waals surface area contributed by atoms with E-state index in [-0.39, 0.29) is 22.3 Å². The van der Waals surface area contributed by atoms with E-state index in [4.69, 9.17) is 21.7 Å². The molecule has 1 aliphatic heterocycles. The van der Waals surface area contributed by atoms with Crippen LogP contribution in [-0.2, 0) is 9.59 Å². The van der Waals surface area contributed by atoms with E-state index in [1.54, 1.807) is 48.5 Å². The van der Waals surface area contributed by atoms with Crippen LogP contribution in [-0.4, -0.2) is 33.4 Å². The van der Waals surface area contributed by atoms with Crippen LogP contribution < -0.4 is 19.7 Å². The van der Waals surface area contributed by atoms with Crippen LogP contribution in [0, 0.1) is 10.1 Å². The van der Waals surface area contributed by atoms with Crippen molar-refractivity contribution in [2.75, 3.05) is 11.5 Å². The Kier molecular flexibility index (Phi) is 6.78. The van der Waals surface area contributed by atoms with E-state index in [0.29, 0.717) is 29.4 Å². The molecule has 176 valence electrons. The molecule has 2 amide bonds. The average molecular weight is 490 g/mol. The summed E-state index contributed by atoms with van der Waals surface area (Å²) in [5.41, 5.74) is 0.804. The van der Waals surface area contributed by atoms with Gasteiger partial charge in [0.1, 0.15) is 23.3 Å². The Bertz CT molecular complexity index is 1340. The fraction of sp³-hybridized carbons (Fsp3) is 0.0833. The van der Waals surface area contributed by atoms with Crippen LogP contribution in [0.3, 0.4) is 0 Å². The predicted molar refractivity (Wildman–Crippen MR) is 131 cm³/mol. The quantitative estimate of drug-likeness (QED) is 0.173. The Hall–Kier alpha value is -4.64. The number of aromatic nitrogens is 1. The maximum absolute atomic E-state index is 13.2. The van der Waals surface area contributed by atoms with Gasteiger partial charge in [0.25, 0.3) is 17.5 Å². The number of hydrogen-bond acceptors (Lipinski definition) is 8.